The van der Waals surface area contributed by atoms with Gasteiger partial charge in [-0.05, 0) is 62.4 Å². The van der Waals surface area contributed by atoms with Crippen LogP contribution in [0.1, 0.15) is 18.1 Å². The van der Waals surface area contributed by atoms with Crippen LogP contribution in [0, 0.1) is 6.92 Å². The summed E-state index contributed by atoms with van der Waals surface area (Å²) >= 11 is 19.5. The van der Waals surface area contributed by atoms with E-state index >= 15 is 0 Å². The van der Waals surface area contributed by atoms with Crippen LogP contribution in [-0.4, -0.2) is 32.1 Å². The molecular formula is C25H20Cl3N5OS. The molecule has 35 heavy (non-hydrogen) atoms. The smallest absolute Gasteiger partial charge is 0.250 e. The third-order valence-electron chi connectivity index (χ3n) is 5.03. The number of hydrogen-bond acceptors (Lipinski definition) is 5. The van der Waals surface area contributed by atoms with Crippen LogP contribution >= 0.6 is 46.6 Å². The van der Waals surface area contributed by atoms with Crippen LogP contribution in [0.4, 0.5) is 0 Å². The Labute approximate surface area is 222 Å². The molecule has 0 fully saturated rings. The Hall–Kier alpha value is -2.84. The van der Waals surface area contributed by atoms with Crippen molar-refractivity contribution in [3.05, 3.63) is 92.9 Å². The summed E-state index contributed by atoms with van der Waals surface area (Å²) in [4.78, 5) is 12.5. The van der Waals surface area contributed by atoms with E-state index < -0.39 is 0 Å². The van der Waals surface area contributed by atoms with E-state index in [0.29, 0.717) is 37.3 Å². The van der Waals surface area contributed by atoms with E-state index in [1.165, 1.54) is 11.8 Å². The molecule has 1 N–H and O–H groups in total. The fraction of sp³-hybridized carbons (Fsp3) is 0.120. The average Bonchev–Trinajstić information content (AvgIpc) is 3.26. The minimum Gasteiger partial charge on any atom is -0.272 e. The summed E-state index contributed by atoms with van der Waals surface area (Å²) in [6.45, 7) is 3.78. The van der Waals surface area contributed by atoms with Gasteiger partial charge < -0.3 is 0 Å². The Kier molecular flexibility index (Phi) is 8.13. The second-order valence-corrected chi connectivity index (χ2v) is 9.85. The van der Waals surface area contributed by atoms with E-state index in [-0.39, 0.29) is 11.7 Å². The molecule has 0 aliphatic rings. The summed E-state index contributed by atoms with van der Waals surface area (Å²) in [5.41, 5.74) is 6.71. The zero-order chi connectivity index (χ0) is 24.9. The van der Waals surface area contributed by atoms with Gasteiger partial charge in [-0.1, -0.05) is 70.3 Å². The number of halogens is 3. The maximum Gasteiger partial charge on any atom is 0.250 e. The molecule has 0 atom stereocenters. The SMILES string of the molecule is C/C(=N\NC(=O)CSc1nnc(-c2ccc(Cl)cc2)n1-c1ccc(C)cc1)c1ccc(Cl)cc1Cl. The van der Waals surface area contributed by atoms with Crippen LogP contribution in [0.2, 0.25) is 15.1 Å². The Morgan fingerprint density at radius 2 is 1.66 bits per heavy atom. The second-order valence-electron chi connectivity index (χ2n) is 7.63. The Morgan fingerprint density at radius 1 is 0.971 bits per heavy atom. The van der Waals surface area contributed by atoms with Gasteiger partial charge in [0, 0.05) is 26.9 Å². The first kappa shape index (κ1) is 25.3. The molecule has 0 unspecified atom stereocenters. The number of rotatable bonds is 7. The lowest BCUT2D eigenvalue weighted by atomic mass is 10.1. The molecule has 3 aromatic carbocycles. The largest absolute Gasteiger partial charge is 0.272 e. The minimum absolute atomic E-state index is 0.0930. The topological polar surface area (TPSA) is 72.2 Å². The van der Waals surface area contributed by atoms with Crippen LogP contribution in [0.25, 0.3) is 17.1 Å². The van der Waals surface area contributed by atoms with Crippen LogP contribution in [0.5, 0.6) is 0 Å². The standard InChI is InChI=1S/C25H20Cl3N5OS/c1-15-3-10-20(11-4-15)33-24(17-5-7-18(26)8-6-17)31-32-25(33)35-14-23(34)30-29-16(2)21-12-9-19(27)13-22(21)28/h3-13H,14H2,1-2H3,(H,30,34)/b29-16+. The molecule has 1 amide bonds. The Morgan fingerprint density at radius 3 is 2.34 bits per heavy atom. The lowest BCUT2D eigenvalue weighted by Gasteiger charge is -2.11. The van der Waals surface area contributed by atoms with Crippen LogP contribution in [0.15, 0.2) is 77.0 Å². The van der Waals surface area contributed by atoms with Crippen molar-refractivity contribution in [2.24, 2.45) is 5.10 Å². The first-order valence-electron chi connectivity index (χ1n) is 10.5. The van der Waals surface area contributed by atoms with Crippen LogP contribution in [-0.2, 0) is 4.79 Å². The first-order valence-corrected chi connectivity index (χ1v) is 12.6. The molecule has 0 spiro atoms. The summed E-state index contributed by atoms with van der Waals surface area (Å²) in [5.74, 6) is 0.459. The maximum atomic E-state index is 12.5. The van der Waals surface area contributed by atoms with Gasteiger partial charge in [0.25, 0.3) is 5.91 Å². The molecule has 0 aliphatic carbocycles. The van der Waals surface area contributed by atoms with Crippen molar-refractivity contribution >= 4 is 58.2 Å². The summed E-state index contributed by atoms with van der Waals surface area (Å²) in [7, 11) is 0. The molecule has 0 bridgehead atoms. The van der Waals surface area contributed by atoms with Gasteiger partial charge >= 0.3 is 0 Å². The number of aromatic nitrogens is 3. The monoisotopic (exact) mass is 543 g/mol. The maximum absolute atomic E-state index is 12.5. The number of aryl methyl sites for hydroxylation is 1. The second kappa shape index (κ2) is 11.3. The van der Waals surface area contributed by atoms with Crippen molar-refractivity contribution in [1.29, 1.82) is 0 Å². The van der Waals surface area contributed by atoms with E-state index in [1.54, 1.807) is 37.3 Å². The fourth-order valence-corrected chi connectivity index (χ4v) is 4.64. The van der Waals surface area contributed by atoms with Crippen LogP contribution in [0.3, 0.4) is 0 Å². The van der Waals surface area contributed by atoms with E-state index in [2.05, 4.69) is 20.7 Å². The van der Waals surface area contributed by atoms with E-state index in [4.69, 9.17) is 34.8 Å². The highest BCUT2D eigenvalue weighted by molar-refractivity contribution is 7.99. The third-order valence-corrected chi connectivity index (χ3v) is 6.76. The quantitative estimate of drug-likeness (QED) is 0.157. The van der Waals surface area contributed by atoms with Crippen molar-refractivity contribution in [2.45, 2.75) is 19.0 Å². The molecule has 0 radical (unpaired) electrons. The molecule has 4 aromatic rings. The molecule has 0 saturated heterocycles. The first-order chi connectivity index (χ1) is 16.8. The summed E-state index contributed by atoms with van der Waals surface area (Å²) in [5, 5.41) is 15.1. The number of hydrazone groups is 1. The van der Waals surface area contributed by atoms with Crippen molar-refractivity contribution in [3.63, 3.8) is 0 Å². The highest BCUT2D eigenvalue weighted by Crippen LogP contribution is 2.29. The van der Waals surface area contributed by atoms with Gasteiger partial charge in [-0.3, -0.25) is 9.36 Å². The van der Waals surface area contributed by atoms with Gasteiger partial charge in [-0.15, -0.1) is 10.2 Å². The van der Waals surface area contributed by atoms with Gasteiger partial charge in [-0.2, -0.15) is 5.10 Å². The fourth-order valence-electron chi connectivity index (χ4n) is 3.23. The molecule has 178 valence electrons. The lowest BCUT2D eigenvalue weighted by molar-refractivity contribution is -0.118. The number of carbonyl (C=O) groups excluding carboxylic acids is 1. The number of nitrogens with one attached hydrogen (secondary N) is 1. The van der Waals surface area contributed by atoms with Gasteiger partial charge in [0.15, 0.2) is 11.0 Å². The Balaban J connectivity index is 1.53. The molecule has 0 aliphatic heterocycles. The number of thioether (sulfide) groups is 1. The van der Waals surface area contributed by atoms with Crippen molar-refractivity contribution in [2.75, 3.05) is 5.75 Å². The highest BCUT2D eigenvalue weighted by atomic mass is 35.5. The van der Waals surface area contributed by atoms with E-state index in [9.17, 15) is 4.79 Å². The number of amides is 1. The number of benzene rings is 3. The molecule has 6 nitrogen and oxygen atoms in total. The number of nitrogens with zero attached hydrogens (tertiary/aromatic N) is 4. The predicted octanol–water partition coefficient (Wildman–Crippen LogP) is 6.84. The molecular weight excluding hydrogens is 525 g/mol. The van der Waals surface area contributed by atoms with E-state index in [0.717, 1.165) is 16.8 Å². The summed E-state index contributed by atoms with van der Waals surface area (Å²) < 4.78 is 1.92. The molecule has 10 heteroatoms. The molecule has 1 aromatic heterocycles. The summed E-state index contributed by atoms with van der Waals surface area (Å²) in [6.07, 6.45) is 0. The number of carbonyl (C=O) groups is 1. The van der Waals surface area contributed by atoms with Gasteiger partial charge in [0.05, 0.1) is 16.5 Å². The van der Waals surface area contributed by atoms with Crippen molar-refractivity contribution in [3.8, 4) is 17.1 Å². The van der Waals surface area contributed by atoms with Crippen LogP contribution < -0.4 is 5.43 Å². The van der Waals surface area contributed by atoms with Gasteiger partial charge in [0.2, 0.25) is 0 Å². The predicted molar refractivity (Wildman–Crippen MR) is 144 cm³/mol. The van der Waals surface area contributed by atoms with Gasteiger partial charge in [0.1, 0.15) is 0 Å². The lowest BCUT2D eigenvalue weighted by Crippen LogP contribution is -2.21. The zero-order valence-corrected chi connectivity index (χ0v) is 21.9. The molecule has 4 rings (SSSR count). The zero-order valence-electron chi connectivity index (χ0n) is 18.8. The van der Waals surface area contributed by atoms with E-state index in [1.807, 2.05) is 47.9 Å². The average molecular weight is 545 g/mol. The van der Waals surface area contributed by atoms with Crippen molar-refractivity contribution < 1.29 is 4.79 Å². The Bertz CT molecular complexity index is 1390. The minimum atomic E-state index is -0.286. The molecule has 1 heterocycles. The summed E-state index contributed by atoms with van der Waals surface area (Å²) in [6, 6.07) is 20.5. The normalized spacial score (nSPS) is 11.5. The highest BCUT2D eigenvalue weighted by Gasteiger charge is 2.17. The van der Waals surface area contributed by atoms with Gasteiger partial charge in [-0.25, -0.2) is 5.43 Å². The number of hydrogen-bond donors (Lipinski definition) is 1. The third kappa shape index (κ3) is 6.24. The van der Waals surface area contributed by atoms with Crippen molar-refractivity contribution in [1.82, 2.24) is 20.2 Å². The molecule has 0 saturated carbocycles.